The van der Waals surface area contributed by atoms with Crippen molar-refractivity contribution in [3.8, 4) is 0 Å². The van der Waals surface area contributed by atoms with E-state index in [1.807, 2.05) is 0 Å². The average Bonchev–Trinajstić information content (AvgIpc) is 2.91. The van der Waals surface area contributed by atoms with Crippen LogP contribution in [0.1, 0.15) is 52.9 Å². The maximum atomic E-state index is 11.2. The number of hydrogen-bond acceptors (Lipinski definition) is 3. The van der Waals surface area contributed by atoms with Gasteiger partial charge in [0.2, 0.25) is 0 Å². The van der Waals surface area contributed by atoms with E-state index in [-0.39, 0.29) is 0 Å². The Balaban J connectivity index is 1.78. The minimum atomic E-state index is -0.901. The van der Waals surface area contributed by atoms with Gasteiger partial charge >= 0.3 is 11.8 Å². The van der Waals surface area contributed by atoms with Crippen LogP contribution in [-0.2, 0) is 9.59 Å². The Morgan fingerprint density at radius 1 is 1.39 bits per heavy atom. The molecule has 3 N–H and O–H groups in total. The molecule has 0 bridgehead atoms. The number of nitrogens with one attached hydrogen (secondary N) is 1. The molecule has 130 valence electrons. The lowest BCUT2D eigenvalue weighted by Crippen LogP contribution is -2.39. The minimum Gasteiger partial charge on any atom is -0.361 e. The number of hydrogen-bond donors (Lipinski definition) is 2. The first-order chi connectivity index (χ1) is 10.8. The minimum absolute atomic E-state index is 0.344. The van der Waals surface area contributed by atoms with Gasteiger partial charge in [0.25, 0.3) is 0 Å². The van der Waals surface area contributed by atoms with Crippen molar-refractivity contribution in [3.63, 3.8) is 0 Å². The second-order valence-corrected chi connectivity index (χ2v) is 7.78. The number of carbonyl (C=O) groups is 2. The van der Waals surface area contributed by atoms with Crippen LogP contribution in [0.15, 0.2) is 11.1 Å². The van der Waals surface area contributed by atoms with Crippen LogP contribution >= 0.6 is 0 Å². The zero-order valence-electron chi connectivity index (χ0n) is 14.8. The topological polar surface area (TPSA) is 75.4 Å². The maximum absolute atomic E-state index is 11.2. The fraction of sp³-hybridized carbons (Fsp3) is 0.778. The van der Waals surface area contributed by atoms with Crippen molar-refractivity contribution in [3.05, 3.63) is 11.1 Å². The summed E-state index contributed by atoms with van der Waals surface area (Å²) in [7, 11) is 0. The van der Waals surface area contributed by atoms with Crippen molar-refractivity contribution in [1.29, 1.82) is 0 Å². The molecule has 0 aromatic rings. The molecule has 2 amide bonds. The number of primary amides is 1. The molecule has 2 aliphatic rings. The summed E-state index contributed by atoms with van der Waals surface area (Å²) in [5.41, 5.74) is 8.53. The third-order valence-electron chi connectivity index (χ3n) is 5.51. The van der Waals surface area contributed by atoms with Gasteiger partial charge in [-0.15, -0.1) is 0 Å². The van der Waals surface area contributed by atoms with Crippen molar-refractivity contribution < 1.29 is 9.59 Å². The number of allylic oxidation sites excluding steroid dienone is 1. The number of amides is 2. The number of nitrogens with zero attached hydrogens (tertiary/aromatic N) is 1. The Labute approximate surface area is 139 Å². The molecule has 1 atom stereocenters. The zero-order valence-corrected chi connectivity index (χ0v) is 14.8. The molecule has 1 fully saturated rings. The maximum Gasteiger partial charge on any atom is 0.309 e. The fourth-order valence-corrected chi connectivity index (χ4v) is 4.10. The Morgan fingerprint density at radius 3 is 2.78 bits per heavy atom. The van der Waals surface area contributed by atoms with Gasteiger partial charge in [-0.3, -0.25) is 9.59 Å². The van der Waals surface area contributed by atoms with Gasteiger partial charge < -0.3 is 16.0 Å². The van der Waals surface area contributed by atoms with E-state index in [0.717, 1.165) is 32.5 Å². The van der Waals surface area contributed by atoms with E-state index < -0.39 is 11.8 Å². The highest BCUT2D eigenvalue weighted by Crippen LogP contribution is 2.41. The first-order valence-electron chi connectivity index (χ1n) is 8.78. The molecule has 0 spiro atoms. The Kier molecular flexibility index (Phi) is 5.84. The summed E-state index contributed by atoms with van der Waals surface area (Å²) in [6.07, 6.45) is 6.08. The van der Waals surface area contributed by atoms with E-state index in [4.69, 9.17) is 5.73 Å². The number of rotatable bonds is 5. The second-order valence-electron chi connectivity index (χ2n) is 7.78. The molecule has 5 nitrogen and oxygen atoms in total. The molecule has 0 saturated carbocycles. The van der Waals surface area contributed by atoms with Gasteiger partial charge in [-0.05, 0) is 56.9 Å². The monoisotopic (exact) mass is 321 g/mol. The molecule has 0 unspecified atom stereocenters. The number of likely N-dealkylation sites (tertiary alicyclic amines) is 1. The molecule has 2 rings (SSSR count). The highest BCUT2D eigenvalue weighted by atomic mass is 16.2. The molecule has 1 aliphatic heterocycles. The van der Waals surface area contributed by atoms with Gasteiger partial charge in [0, 0.05) is 19.6 Å². The predicted molar refractivity (Wildman–Crippen MR) is 91.7 cm³/mol. The molecular formula is C18H31N3O2. The summed E-state index contributed by atoms with van der Waals surface area (Å²) in [4.78, 5) is 24.4. The SMILES string of the molecule is CC1=C(CCN2CC[C@@H](CNC(=O)C(N)=O)C2)C(C)(C)CCC1. The Bertz CT molecular complexity index is 496. The molecule has 0 aromatic carbocycles. The van der Waals surface area contributed by atoms with Gasteiger partial charge in [0.1, 0.15) is 0 Å². The standard InChI is InChI=1S/C18H31N3O2/c1-13-5-4-8-18(2,3)15(13)7-10-21-9-6-14(12-21)11-20-17(23)16(19)22/h14H,4-12H2,1-3H3,(H2,19,22)(H,20,23)/t14-/m0/s1. The predicted octanol–water partition coefficient (Wildman–Crippen LogP) is 1.83. The molecule has 0 radical (unpaired) electrons. The lowest BCUT2D eigenvalue weighted by atomic mass is 9.71. The summed E-state index contributed by atoms with van der Waals surface area (Å²) >= 11 is 0. The third-order valence-corrected chi connectivity index (χ3v) is 5.51. The summed E-state index contributed by atoms with van der Waals surface area (Å²) < 4.78 is 0. The smallest absolute Gasteiger partial charge is 0.309 e. The van der Waals surface area contributed by atoms with Gasteiger partial charge in [-0.2, -0.15) is 0 Å². The van der Waals surface area contributed by atoms with Gasteiger partial charge in [-0.1, -0.05) is 25.0 Å². The number of nitrogens with two attached hydrogens (primary N) is 1. The Hall–Kier alpha value is -1.36. The van der Waals surface area contributed by atoms with Crippen LogP contribution in [0.25, 0.3) is 0 Å². The highest BCUT2D eigenvalue weighted by molar-refractivity contribution is 6.34. The van der Waals surface area contributed by atoms with Crippen LogP contribution in [0, 0.1) is 11.3 Å². The zero-order chi connectivity index (χ0) is 17.0. The van der Waals surface area contributed by atoms with Crippen molar-refractivity contribution in [2.24, 2.45) is 17.1 Å². The lowest BCUT2D eigenvalue weighted by Gasteiger charge is -2.35. The molecule has 5 heteroatoms. The lowest BCUT2D eigenvalue weighted by molar-refractivity contribution is -0.137. The van der Waals surface area contributed by atoms with Crippen LogP contribution in [-0.4, -0.2) is 42.9 Å². The quantitative estimate of drug-likeness (QED) is 0.599. The number of carbonyl (C=O) groups excluding carboxylic acids is 2. The second kappa shape index (κ2) is 7.47. The van der Waals surface area contributed by atoms with E-state index in [1.54, 1.807) is 11.1 Å². The van der Waals surface area contributed by atoms with Crippen molar-refractivity contribution >= 4 is 11.8 Å². The van der Waals surface area contributed by atoms with Crippen LogP contribution in [0.3, 0.4) is 0 Å². The van der Waals surface area contributed by atoms with E-state index in [9.17, 15) is 9.59 Å². The first kappa shape index (κ1) is 18.0. The van der Waals surface area contributed by atoms with Crippen molar-refractivity contribution in [2.75, 3.05) is 26.2 Å². The van der Waals surface area contributed by atoms with E-state index in [0.29, 0.717) is 17.9 Å². The van der Waals surface area contributed by atoms with Crippen LogP contribution in [0.2, 0.25) is 0 Å². The van der Waals surface area contributed by atoms with E-state index in [1.165, 1.54) is 19.3 Å². The van der Waals surface area contributed by atoms with Crippen molar-refractivity contribution in [1.82, 2.24) is 10.2 Å². The van der Waals surface area contributed by atoms with Crippen LogP contribution in [0.4, 0.5) is 0 Å². The third kappa shape index (κ3) is 4.80. The van der Waals surface area contributed by atoms with Gasteiger partial charge in [0.05, 0.1) is 0 Å². The van der Waals surface area contributed by atoms with E-state index in [2.05, 4.69) is 31.0 Å². The Morgan fingerprint density at radius 2 is 2.13 bits per heavy atom. The fourth-order valence-electron chi connectivity index (χ4n) is 4.10. The summed E-state index contributed by atoms with van der Waals surface area (Å²) in [5, 5.41) is 2.62. The summed E-state index contributed by atoms with van der Waals surface area (Å²) in [6.45, 7) is 10.7. The van der Waals surface area contributed by atoms with Crippen LogP contribution < -0.4 is 11.1 Å². The van der Waals surface area contributed by atoms with Gasteiger partial charge in [0.15, 0.2) is 0 Å². The van der Waals surface area contributed by atoms with Crippen LogP contribution in [0.5, 0.6) is 0 Å². The highest BCUT2D eigenvalue weighted by Gasteiger charge is 2.29. The molecular weight excluding hydrogens is 290 g/mol. The molecule has 1 saturated heterocycles. The van der Waals surface area contributed by atoms with E-state index >= 15 is 0 Å². The molecule has 1 aliphatic carbocycles. The molecule has 23 heavy (non-hydrogen) atoms. The van der Waals surface area contributed by atoms with Gasteiger partial charge in [-0.25, -0.2) is 0 Å². The summed E-state index contributed by atoms with van der Waals surface area (Å²) in [6, 6.07) is 0. The molecule has 0 aromatic heterocycles. The average molecular weight is 321 g/mol. The van der Waals surface area contributed by atoms with Crippen molar-refractivity contribution in [2.45, 2.75) is 52.9 Å². The largest absolute Gasteiger partial charge is 0.361 e. The first-order valence-corrected chi connectivity index (χ1v) is 8.78. The molecule has 1 heterocycles. The normalized spacial score (nSPS) is 24.7. The summed E-state index contributed by atoms with van der Waals surface area (Å²) in [5.74, 6) is -1.15.